The van der Waals surface area contributed by atoms with E-state index >= 15 is 0 Å². The lowest BCUT2D eigenvalue weighted by atomic mass is 10.1. The first kappa shape index (κ1) is 22.7. The molecule has 11 heteroatoms. The summed E-state index contributed by atoms with van der Waals surface area (Å²) in [4.78, 5) is 36.4. The highest BCUT2D eigenvalue weighted by Gasteiger charge is 2.30. The van der Waals surface area contributed by atoms with Gasteiger partial charge in [-0.3, -0.25) is 14.2 Å². The van der Waals surface area contributed by atoms with E-state index in [1.54, 1.807) is 36.4 Å². The van der Waals surface area contributed by atoms with Crippen LogP contribution in [0.3, 0.4) is 0 Å². The summed E-state index contributed by atoms with van der Waals surface area (Å²) in [6.07, 6.45) is 4.42. The van der Waals surface area contributed by atoms with Crippen LogP contribution in [-0.2, 0) is 37.2 Å². The van der Waals surface area contributed by atoms with Gasteiger partial charge in [0.25, 0.3) is 21.5 Å². The van der Waals surface area contributed by atoms with Crippen LogP contribution in [0.4, 0.5) is 0 Å². The van der Waals surface area contributed by atoms with Crippen LogP contribution in [0.15, 0.2) is 67.8 Å². The lowest BCUT2D eigenvalue weighted by Gasteiger charge is -2.21. The van der Waals surface area contributed by atoms with E-state index in [4.69, 9.17) is 4.42 Å². The van der Waals surface area contributed by atoms with Gasteiger partial charge in [-0.25, -0.2) is 13.2 Å². The first-order valence-corrected chi connectivity index (χ1v) is 11.8. The molecule has 0 saturated heterocycles. The van der Waals surface area contributed by atoms with Crippen LogP contribution in [0.2, 0.25) is 0 Å². The first-order chi connectivity index (χ1) is 15.7. The molecule has 0 aliphatic heterocycles. The molecule has 1 aromatic carbocycles. The Morgan fingerprint density at radius 1 is 1.12 bits per heavy atom. The molecular weight excluding hydrogens is 448 g/mol. The number of nitrogens with one attached hydrogen (secondary N) is 1. The Hall–Kier alpha value is -3.44. The summed E-state index contributed by atoms with van der Waals surface area (Å²) in [7, 11) is -1.69. The summed E-state index contributed by atoms with van der Waals surface area (Å²) >= 11 is 0. The summed E-state index contributed by atoms with van der Waals surface area (Å²) in [6, 6.07) is 10.1. The molecule has 1 aliphatic carbocycles. The Morgan fingerprint density at radius 2 is 1.82 bits per heavy atom. The van der Waals surface area contributed by atoms with Gasteiger partial charge in [-0.15, -0.1) is 0 Å². The predicted molar refractivity (Wildman–Crippen MR) is 119 cm³/mol. The Labute approximate surface area is 190 Å². The largest absolute Gasteiger partial charge is 0.468 e. The number of sulfonamides is 1. The molecule has 1 N–H and O–H groups in total. The second-order valence-electron chi connectivity index (χ2n) is 8.05. The third kappa shape index (κ3) is 4.83. The SMILES string of the molecule is Cn1cc(S(=O)(=O)N(Cc2ccc(C(=O)NC3CC3)cc2)Cc2ccco2)c(=O)n(C)c1=O. The number of furan rings is 1. The van der Waals surface area contributed by atoms with Gasteiger partial charge < -0.3 is 14.3 Å². The van der Waals surface area contributed by atoms with Crippen molar-refractivity contribution in [3.8, 4) is 0 Å². The number of carbonyl (C=O) groups excluding carboxylic acids is 1. The van der Waals surface area contributed by atoms with E-state index in [-0.39, 0.29) is 25.0 Å². The number of aromatic nitrogens is 2. The minimum absolute atomic E-state index is 0.0699. The molecule has 1 aliphatic rings. The van der Waals surface area contributed by atoms with Gasteiger partial charge in [0.15, 0.2) is 4.90 Å². The highest BCUT2D eigenvalue weighted by Crippen LogP contribution is 2.21. The van der Waals surface area contributed by atoms with Gasteiger partial charge in [0, 0.05) is 38.4 Å². The Bertz CT molecular complexity index is 1380. The van der Waals surface area contributed by atoms with Crippen molar-refractivity contribution < 1.29 is 17.6 Å². The van der Waals surface area contributed by atoms with E-state index in [2.05, 4.69) is 5.32 Å². The maximum Gasteiger partial charge on any atom is 0.330 e. The molecular formula is C22H24N4O6S. The monoisotopic (exact) mass is 472 g/mol. The lowest BCUT2D eigenvalue weighted by Crippen LogP contribution is -2.42. The molecule has 174 valence electrons. The maximum atomic E-state index is 13.5. The zero-order chi connectivity index (χ0) is 23.8. The topological polar surface area (TPSA) is 124 Å². The van der Waals surface area contributed by atoms with E-state index in [1.165, 1.54) is 20.4 Å². The molecule has 10 nitrogen and oxygen atoms in total. The molecule has 0 spiro atoms. The summed E-state index contributed by atoms with van der Waals surface area (Å²) in [5, 5.41) is 2.90. The average molecular weight is 473 g/mol. The zero-order valence-electron chi connectivity index (χ0n) is 18.2. The molecule has 0 radical (unpaired) electrons. The molecule has 0 atom stereocenters. The molecule has 33 heavy (non-hydrogen) atoms. The second-order valence-corrected chi connectivity index (χ2v) is 9.95. The summed E-state index contributed by atoms with van der Waals surface area (Å²) < 4.78 is 35.2. The quantitative estimate of drug-likeness (QED) is 0.521. The third-order valence-electron chi connectivity index (χ3n) is 5.43. The first-order valence-electron chi connectivity index (χ1n) is 10.4. The number of amides is 1. The summed E-state index contributed by atoms with van der Waals surface area (Å²) in [5.41, 5.74) is -0.431. The fourth-order valence-corrected chi connectivity index (χ4v) is 4.90. The molecule has 1 saturated carbocycles. The van der Waals surface area contributed by atoms with Crippen LogP contribution in [-0.4, -0.2) is 33.8 Å². The van der Waals surface area contributed by atoms with Gasteiger partial charge >= 0.3 is 5.69 Å². The van der Waals surface area contributed by atoms with Crippen molar-refractivity contribution in [2.45, 2.75) is 36.9 Å². The lowest BCUT2D eigenvalue weighted by molar-refractivity contribution is 0.0951. The Balaban J connectivity index is 1.66. The fraction of sp³-hybridized carbons (Fsp3) is 0.318. The van der Waals surface area contributed by atoms with E-state index < -0.39 is 26.2 Å². The van der Waals surface area contributed by atoms with Crippen molar-refractivity contribution >= 4 is 15.9 Å². The molecule has 4 rings (SSSR count). The number of aryl methyl sites for hydroxylation is 1. The minimum Gasteiger partial charge on any atom is -0.468 e. The van der Waals surface area contributed by atoms with Gasteiger partial charge in [-0.1, -0.05) is 12.1 Å². The van der Waals surface area contributed by atoms with E-state index in [0.717, 1.165) is 32.5 Å². The molecule has 2 aromatic heterocycles. The van der Waals surface area contributed by atoms with Gasteiger partial charge in [0.05, 0.1) is 12.8 Å². The smallest absolute Gasteiger partial charge is 0.330 e. The molecule has 0 bridgehead atoms. The van der Waals surface area contributed by atoms with Crippen LogP contribution in [0.1, 0.15) is 34.5 Å². The highest BCUT2D eigenvalue weighted by atomic mass is 32.2. The summed E-state index contributed by atoms with van der Waals surface area (Å²) in [6.45, 7) is -0.190. The van der Waals surface area contributed by atoms with Gasteiger partial charge in [-0.2, -0.15) is 4.31 Å². The van der Waals surface area contributed by atoms with Gasteiger partial charge in [0.1, 0.15) is 5.76 Å². The minimum atomic E-state index is -4.30. The highest BCUT2D eigenvalue weighted by molar-refractivity contribution is 7.89. The van der Waals surface area contributed by atoms with E-state index in [0.29, 0.717) is 16.9 Å². The van der Waals surface area contributed by atoms with Crippen molar-refractivity contribution in [2.75, 3.05) is 0 Å². The second kappa shape index (κ2) is 8.83. The van der Waals surface area contributed by atoms with Crippen LogP contribution >= 0.6 is 0 Å². The molecule has 1 amide bonds. The zero-order valence-corrected chi connectivity index (χ0v) is 19.0. The standard InChI is InChI=1S/C22H24N4O6S/c1-24-14-19(21(28)25(2)22(24)29)33(30,31)26(13-18-4-3-11-32-18)12-15-5-7-16(8-6-15)20(27)23-17-9-10-17/h3-8,11,14,17H,9-10,12-13H2,1-2H3,(H,23,27). The number of benzene rings is 1. The number of nitrogens with zero attached hydrogens (tertiary/aromatic N) is 3. The van der Waals surface area contributed by atoms with E-state index in [1.807, 2.05) is 0 Å². The molecule has 3 aromatic rings. The third-order valence-corrected chi connectivity index (χ3v) is 7.21. The van der Waals surface area contributed by atoms with Crippen LogP contribution < -0.4 is 16.6 Å². The van der Waals surface area contributed by atoms with Gasteiger partial charge in [0.2, 0.25) is 0 Å². The molecule has 2 heterocycles. The normalized spacial score (nSPS) is 13.9. The summed E-state index contributed by atoms with van der Waals surface area (Å²) in [5.74, 6) is 0.221. The van der Waals surface area contributed by atoms with Crippen LogP contribution in [0.25, 0.3) is 0 Å². The van der Waals surface area contributed by atoms with Crippen LogP contribution in [0.5, 0.6) is 0 Å². The van der Waals surface area contributed by atoms with Crippen molar-refractivity contribution in [2.24, 2.45) is 14.1 Å². The van der Waals surface area contributed by atoms with Crippen molar-refractivity contribution in [3.63, 3.8) is 0 Å². The number of rotatable bonds is 8. The molecule has 0 unspecified atom stereocenters. The fourth-order valence-electron chi connectivity index (χ4n) is 3.35. The molecule has 1 fully saturated rings. The number of hydrogen-bond donors (Lipinski definition) is 1. The number of carbonyl (C=O) groups is 1. The van der Waals surface area contributed by atoms with Crippen LogP contribution in [0, 0.1) is 0 Å². The van der Waals surface area contributed by atoms with Gasteiger partial charge in [-0.05, 0) is 42.7 Å². The Morgan fingerprint density at radius 3 is 2.42 bits per heavy atom. The van der Waals surface area contributed by atoms with Crippen molar-refractivity contribution in [1.29, 1.82) is 0 Å². The van der Waals surface area contributed by atoms with Crippen molar-refractivity contribution in [1.82, 2.24) is 18.8 Å². The predicted octanol–water partition coefficient (Wildman–Crippen LogP) is 0.960. The maximum absolute atomic E-state index is 13.5. The Kier molecular flexibility index (Phi) is 6.09. The van der Waals surface area contributed by atoms with E-state index in [9.17, 15) is 22.8 Å². The average Bonchev–Trinajstić information content (AvgIpc) is 3.45. The number of hydrogen-bond acceptors (Lipinski definition) is 6. The van der Waals surface area contributed by atoms with Crippen molar-refractivity contribution in [3.05, 3.63) is 86.6 Å².